The number of thiophene rings is 1. The minimum atomic E-state index is -0.101. The predicted octanol–water partition coefficient (Wildman–Crippen LogP) is 2.52. The number of pyridine rings is 1. The Hall–Kier alpha value is -1.88. The van der Waals surface area contributed by atoms with Crippen LogP contribution in [0.1, 0.15) is 33.1 Å². The highest BCUT2D eigenvalue weighted by atomic mass is 32.1. The van der Waals surface area contributed by atoms with Crippen molar-refractivity contribution < 1.29 is 4.79 Å². The van der Waals surface area contributed by atoms with Crippen LogP contribution in [0.15, 0.2) is 30.6 Å². The number of amides is 1. The van der Waals surface area contributed by atoms with Gasteiger partial charge in [0.1, 0.15) is 0 Å². The molecular weight excluding hydrogens is 246 g/mol. The molecule has 1 atom stereocenters. The normalized spacial score (nSPS) is 12.1. The first-order chi connectivity index (χ1) is 8.58. The number of rotatable bonds is 3. The van der Waals surface area contributed by atoms with Gasteiger partial charge in [-0.25, -0.2) is 0 Å². The molecule has 2 aromatic rings. The summed E-state index contributed by atoms with van der Waals surface area (Å²) in [5.41, 5.74) is 7.39. The Morgan fingerprint density at radius 3 is 2.89 bits per heavy atom. The third kappa shape index (κ3) is 2.68. The lowest BCUT2D eigenvalue weighted by atomic mass is 10.1. The summed E-state index contributed by atoms with van der Waals surface area (Å²) in [5.74, 6) is -0.101. The Labute approximate surface area is 110 Å². The Balaban J connectivity index is 2.08. The van der Waals surface area contributed by atoms with Crippen LogP contribution in [0, 0.1) is 6.92 Å². The van der Waals surface area contributed by atoms with Crippen LogP contribution in [0.5, 0.6) is 0 Å². The summed E-state index contributed by atoms with van der Waals surface area (Å²) in [6.45, 7) is 3.83. The number of carbonyl (C=O) groups is 1. The Morgan fingerprint density at radius 2 is 2.33 bits per heavy atom. The van der Waals surface area contributed by atoms with Gasteiger partial charge in [0.25, 0.3) is 5.91 Å². The average Bonchev–Trinajstić information content (AvgIpc) is 2.71. The molecule has 3 N–H and O–H groups in total. The fourth-order valence-corrected chi connectivity index (χ4v) is 2.44. The van der Waals surface area contributed by atoms with E-state index in [0.29, 0.717) is 10.6 Å². The van der Waals surface area contributed by atoms with Crippen LogP contribution < -0.4 is 11.1 Å². The van der Waals surface area contributed by atoms with E-state index in [1.165, 1.54) is 11.3 Å². The maximum atomic E-state index is 12.0. The molecule has 4 nitrogen and oxygen atoms in total. The van der Waals surface area contributed by atoms with Gasteiger partial charge in [0.2, 0.25) is 0 Å². The van der Waals surface area contributed by atoms with Gasteiger partial charge in [-0.05, 0) is 31.5 Å². The van der Waals surface area contributed by atoms with Crippen molar-refractivity contribution in [2.75, 3.05) is 5.73 Å². The van der Waals surface area contributed by atoms with Crippen LogP contribution in [-0.4, -0.2) is 10.9 Å². The molecule has 0 saturated heterocycles. The quantitative estimate of drug-likeness (QED) is 0.892. The summed E-state index contributed by atoms with van der Waals surface area (Å²) < 4.78 is 0. The molecule has 0 saturated carbocycles. The van der Waals surface area contributed by atoms with Crippen LogP contribution >= 0.6 is 11.3 Å². The molecule has 5 heteroatoms. The van der Waals surface area contributed by atoms with Gasteiger partial charge in [0.05, 0.1) is 10.9 Å². The average molecular weight is 261 g/mol. The predicted molar refractivity (Wildman–Crippen MR) is 73.6 cm³/mol. The molecule has 2 rings (SSSR count). The lowest BCUT2D eigenvalue weighted by Gasteiger charge is -2.12. The topological polar surface area (TPSA) is 68.0 Å². The van der Waals surface area contributed by atoms with E-state index in [2.05, 4.69) is 10.3 Å². The van der Waals surface area contributed by atoms with Crippen LogP contribution in [0.25, 0.3) is 0 Å². The number of nitrogens with two attached hydrogens (primary N) is 1. The molecule has 0 fully saturated rings. The van der Waals surface area contributed by atoms with Crippen molar-refractivity contribution in [2.24, 2.45) is 0 Å². The fraction of sp³-hybridized carbons (Fsp3) is 0.231. The van der Waals surface area contributed by atoms with E-state index in [-0.39, 0.29) is 11.9 Å². The van der Waals surface area contributed by atoms with Gasteiger partial charge in [-0.15, -0.1) is 11.3 Å². The number of anilines is 1. The zero-order valence-electron chi connectivity index (χ0n) is 10.3. The van der Waals surface area contributed by atoms with Crippen molar-refractivity contribution in [3.63, 3.8) is 0 Å². The van der Waals surface area contributed by atoms with E-state index in [1.807, 2.05) is 26.0 Å². The number of carbonyl (C=O) groups excluding carboxylic acids is 1. The third-order valence-corrected chi connectivity index (χ3v) is 3.78. The summed E-state index contributed by atoms with van der Waals surface area (Å²) in [7, 11) is 0. The monoisotopic (exact) mass is 261 g/mol. The van der Waals surface area contributed by atoms with Crippen molar-refractivity contribution in [3.05, 3.63) is 45.9 Å². The molecule has 2 aromatic heterocycles. The first-order valence-electron chi connectivity index (χ1n) is 5.64. The van der Waals surface area contributed by atoms with Gasteiger partial charge in [-0.1, -0.05) is 6.07 Å². The number of aromatic nitrogens is 1. The minimum Gasteiger partial charge on any atom is -0.398 e. The summed E-state index contributed by atoms with van der Waals surface area (Å²) >= 11 is 1.41. The maximum Gasteiger partial charge on any atom is 0.261 e. The van der Waals surface area contributed by atoms with Crippen molar-refractivity contribution in [1.82, 2.24) is 10.3 Å². The zero-order chi connectivity index (χ0) is 13.1. The van der Waals surface area contributed by atoms with Crippen LogP contribution in [-0.2, 0) is 0 Å². The number of nitrogens with one attached hydrogen (secondary N) is 1. The molecule has 94 valence electrons. The standard InChI is InChI=1S/C13H15N3OS/c1-8(10-4-3-5-15-7-10)16-13(17)12-6-11(14)9(2)18-12/h3-8H,14H2,1-2H3,(H,16,17). The van der Waals surface area contributed by atoms with E-state index < -0.39 is 0 Å². The van der Waals surface area contributed by atoms with Gasteiger partial charge in [-0.2, -0.15) is 0 Å². The number of nitrogens with zero attached hydrogens (tertiary/aromatic N) is 1. The second-order valence-corrected chi connectivity index (χ2v) is 5.36. The maximum absolute atomic E-state index is 12.0. The van der Waals surface area contributed by atoms with Crippen LogP contribution in [0.3, 0.4) is 0 Å². The van der Waals surface area contributed by atoms with Crippen LogP contribution in [0.2, 0.25) is 0 Å². The summed E-state index contributed by atoms with van der Waals surface area (Å²) in [6.07, 6.45) is 3.46. The Morgan fingerprint density at radius 1 is 1.56 bits per heavy atom. The van der Waals surface area contributed by atoms with Gasteiger partial charge < -0.3 is 11.1 Å². The lowest BCUT2D eigenvalue weighted by molar-refractivity contribution is 0.0944. The number of hydrogen-bond donors (Lipinski definition) is 2. The summed E-state index contributed by atoms with van der Waals surface area (Å²) in [5, 5.41) is 2.93. The molecule has 0 aliphatic heterocycles. The lowest BCUT2D eigenvalue weighted by Crippen LogP contribution is -2.25. The van der Waals surface area contributed by atoms with Gasteiger partial charge in [-0.3, -0.25) is 9.78 Å². The van der Waals surface area contributed by atoms with E-state index in [0.717, 1.165) is 10.4 Å². The molecule has 0 radical (unpaired) electrons. The highest BCUT2D eigenvalue weighted by Crippen LogP contribution is 2.24. The molecule has 0 spiro atoms. The Kier molecular flexibility index (Phi) is 3.62. The molecule has 0 aliphatic carbocycles. The smallest absolute Gasteiger partial charge is 0.261 e. The van der Waals surface area contributed by atoms with Crippen molar-refractivity contribution in [2.45, 2.75) is 19.9 Å². The van der Waals surface area contributed by atoms with Crippen molar-refractivity contribution in [1.29, 1.82) is 0 Å². The summed E-state index contributed by atoms with van der Waals surface area (Å²) in [4.78, 5) is 17.7. The van der Waals surface area contributed by atoms with E-state index in [1.54, 1.807) is 18.5 Å². The molecule has 0 aliphatic rings. The zero-order valence-corrected chi connectivity index (χ0v) is 11.1. The second kappa shape index (κ2) is 5.18. The largest absolute Gasteiger partial charge is 0.398 e. The van der Waals surface area contributed by atoms with Crippen molar-refractivity contribution in [3.8, 4) is 0 Å². The SMILES string of the molecule is Cc1sc(C(=O)NC(C)c2cccnc2)cc1N. The highest BCUT2D eigenvalue weighted by molar-refractivity contribution is 7.14. The minimum absolute atomic E-state index is 0.0742. The highest BCUT2D eigenvalue weighted by Gasteiger charge is 2.14. The van der Waals surface area contributed by atoms with E-state index >= 15 is 0 Å². The van der Waals surface area contributed by atoms with Gasteiger partial charge in [0, 0.05) is 23.0 Å². The second-order valence-electron chi connectivity index (χ2n) is 4.10. The van der Waals surface area contributed by atoms with Gasteiger partial charge in [0.15, 0.2) is 0 Å². The number of hydrogen-bond acceptors (Lipinski definition) is 4. The first kappa shape index (κ1) is 12.6. The Bertz CT molecular complexity index is 531. The van der Waals surface area contributed by atoms with Crippen molar-refractivity contribution >= 4 is 22.9 Å². The molecule has 0 aromatic carbocycles. The van der Waals surface area contributed by atoms with E-state index in [9.17, 15) is 4.79 Å². The van der Waals surface area contributed by atoms with E-state index in [4.69, 9.17) is 5.73 Å². The third-order valence-electron chi connectivity index (χ3n) is 2.71. The molecule has 1 amide bonds. The number of nitrogen functional groups attached to an aromatic ring is 1. The van der Waals surface area contributed by atoms with Gasteiger partial charge >= 0.3 is 0 Å². The molecule has 1 unspecified atom stereocenters. The number of aryl methyl sites for hydroxylation is 1. The molecular formula is C13H15N3OS. The molecule has 2 heterocycles. The molecule has 18 heavy (non-hydrogen) atoms. The summed E-state index contributed by atoms with van der Waals surface area (Å²) in [6, 6.07) is 5.43. The first-order valence-corrected chi connectivity index (χ1v) is 6.46. The van der Waals surface area contributed by atoms with Crippen LogP contribution in [0.4, 0.5) is 5.69 Å². The fourth-order valence-electron chi connectivity index (χ4n) is 1.59. The molecule has 0 bridgehead atoms.